The molecule has 2 heteroatoms. The molecule has 1 aliphatic heterocycles. The highest BCUT2D eigenvalue weighted by Gasteiger charge is 2.34. The molecule has 0 aromatic heterocycles. The lowest BCUT2D eigenvalue weighted by atomic mass is 9.74. The number of nitrogens with one attached hydrogen (secondary N) is 1. The third-order valence-electron chi connectivity index (χ3n) is 3.73. The second-order valence-electron chi connectivity index (χ2n) is 5.09. The molecular formula is C12H25NO. The van der Waals surface area contributed by atoms with E-state index in [9.17, 15) is 0 Å². The minimum Gasteiger partial charge on any atom is -0.381 e. The van der Waals surface area contributed by atoms with Gasteiger partial charge in [-0.05, 0) is 37.6 Å². The zero-order valence-corrected chi connectivity index (χ0v) is 10.1. The van der Waals surface area contributed by atoms with Crippen molar-refractivity contribution in [2.75, 3.05) is 20.3 Å². The summed E-state index contributed by atoms with van der Waals surface area (Å²) in [6.07, 6.45) is 3.76. The van der Waals surface area contributed by atoms with Crippen LogP contribution in [0.3, 0.4) is 0 Å². The monoisotopic (exact) mass is 199 g/mol. The Hall–Kier alpha value is -0.0800. The molecule has 84 valence electrons. The average Bonchev–Trinajstić information content (AvgIpc) is 2.20. The lowest BCUT2D eigenvalue weighted by Gasteiger charge is -2.40. The van der Waals surface area contributed by atoms with Crippen molar-refractivity contribution in [3.05, 3.63) is 0 Å². The number of hydrogen-bond donors (Lipinski definition) is 1. The van der Waals surface area contributed by atoms with Crippen LogP contribution in [-0.2, 0) is 4.74 Å². The summed E-state index contributed by atoms with van der Waals surface area (Å²) in [5.74, 6) is 0.698. The van der Waals surface area contributed by atoms with E-state index in [1.807, 2.05) is 0 Å². The highest BCUT2D eigenvalue weighted by Crippen LogP contribution is 2.32. The van der Waals surface area contributed by atoms with Crippen LogP contribution in [0.2, 0.25) is 0 Å². The predicted octanol–water partition coefficient (Wildman–Crippen LogP) is 2.44. The molecule has 14 heavy (non-hydrogen) atoms. The maximum absolute atomic E-state index is 5.56. The maximum atomic E-state index is 5.56. The molecule has 2 atom stereocenters. The van der Waals surface area contributed by atoms with Crippen LogP contribution in [0.15, 0.2) is 0 Å². The summed E-state index contributed by atoms with van der Waals surface area (Å²) in [5.41, 5.74) is 0.375. The van der Waals surface area contributed by atoms with E-state index >= 15 is 0 Å². The van der Waals surface area contributed by atoms with Gasteiger partial charge in [-0.15, -0.1) is 0 Å². The summed E-state index contributed by atoms with van der Waals surface area (Å²) in [4.78, 5) is 0. The fourth-order valence-corrected chi connectivity index (χ4v) is 2.51. The van der Waals surface area contributed by atoms with Crippen LogP contribution in [0.25, 0.3) is 0 Å². The topological polar surface area (TPSA) is 21.3 Å². The molecule has 0 aromatic rings. The standard InChI is InChI=1S/C12H25NO/c1-5-12(2,3)11(13-4)10-7-6-8-14-9-10/h10-11,13H,5-9H2,1-4H3. The first-order chi connectivity index (χ1) is 6.61. The Morgan fingerprint density at radius 2 is 2.21 bits per heavy atom. The molecule has 1 saturated heterocycles. The minimum atomic E-state index is 0.375. The second-order valence-corrected chi connectivity index (χ2v) is 5.09. The summed E-state index contributed by atoms with van der Waals surface area (Å²) in [5, 5.41) is 3.48. The van der Waals surface area contributed by atoms with Gasteiger partial charge in [0.25, 0.3) is 0 Å². The molecule has 1 aliphatic rings. The van der Waals surface area contributed by atoms with E-state index in [-0.39, 0.29) is 0 Å². The van der Waals surface area contributed by atoms with Crippen molar-refractivity contribution < 1.29 is 4.74 Å². The van der Waals surface area contributed by atoms with Crippen LogP contribution < -0.4 is 5.32 Å². The zero-order valence-electron chi connectivity index (χ0n) is 10.1. The lowest BCUT2D eigenvalue weighted by molar-refractivity contribution is 0.0159. The van der Waals surface area contributed by atoms with E-state index in [2.05, 4.69) is 33.1 Å². The van der Waals surface area contributed by atoms with E-state index in [0.29, 0.717) is 17.4 Å². The van der Waals surface area contributed by atoms with Crippen LogP contribution in [0, 0.1) is 11.3 Å². The molecule has 0 amide bonds. The summed E-state index contributed by atoms with van der Waals surface area (Å²) < 4.78 is 5.56. The highest BCUT2D eigenvalue weighted by atomic mass is 16.5. The minimum absolute atomic E-state index is 0.375. The van der Waals surface area contributed by atoms with E-state index in [4.69, 9.17) is 4.74 Å². The maximum Gasteiger partial charge on any atom is 0.0509 e. The summed E-state index contributed by atoms with van der Waals surface area (Å²) >= 11 is 0. The van der Waals surface area contributed by atoms with Gasteiger partial charge in [0.05, 0.1) is 6.61 Å². The molecule has 1 fully saturated rings. The van der Waals surface area contributed by atoms with Gasteiger partial charge in [-0.3, -0.25) is 0 Å². The normalized spacial score (nSPS) is 26.1. The van der Waals surface area contributed by atoms with Crippen molar-refractivity contribution in [3.63, 3.8) is 0 Å². The first kappa shape index (κ1) is 12.0. The average molecular weight is 199 g/mol. The van der Waals surface area contributed by atoms with E-state index in [0.717, 1.165) is 13.2 Å². The summed E-state index contributed by atoms with van der Waals surface area (Å²) in [6.45, 7) is 8.87. The first-order valence-corrected chi connectivity index (χ1v) is 5.87. The Balaban J connectivity index is 2.59. The van der Waals surface area contributed by atoms with Crippen molar-refractivity contribution >= 4 is 0 Å². The van der Waals surface area contributed by atoms with Crippen LogP contribution in [-0.4, -0.2) is 26.3 Å². The van der Waals surface area contributed by atoms with E-state index in [1.165, 1.54) is 19.3 Å². The molecular weight excluding hydrogens is 174 g/mol. The molecule has 0 spiro atoms. The fraction of sp³-hybridized carbons (Fsp3) is 1.00. The predicted molar refractivity (Wildman–Crippen MR) is 60.5 cm³/mol. The largest absolute Gasteiger partial charge is 0.381 e. The molecule has 2 nitrogen and oxygen atoms in total. The van der Waals surface area contributed by atoms with Crippen molar-refractivity contribution in [1.29, 1.82) is 0 Å². The quantitative estimate of drug-likeness (QED) is 0.751. The second kappa shape index (κ2) is 5.13. The van der Waals surface area contributed by atoms with E-state index in [1.54, 1.807) is 0 Å². The molecule has 2 unspecified atom stereocenters. The zero-order chi connectivity index (χ0) is 10.6. The van der Waals surface area contributed by atoms with Crippen molar-refractivity contribution in [1.82, 2.24) is 5.32 Å². The van der Waals surface area contributed by atoms with Gasteiger partial charge in [0.2, 0.25) is 0 Å². The van der Waals surface area contributed by atoms with Gasteiger partial charge in [0, 0.05) is 12.6 Å². The van der Waals surface area contributed by atoms with Crippen LogP contribution in [0.1, 0.15) is 40.0 Å². The molecule has 0 aliphatic carbocycles. The Kier molecular flexibility index (Phi) is 4.39. The molecule has 1 N–H and O–H groups in total. The van der Waals surface area contributed by atoms with Crippen LogP contribution in [0.4, 0.5) is 0 Å². The lowest BCUT2D eigenvalue weighted by Crippen LogP contribution is -2.48. The van der Waals surface area contributed by atoms with Gasteiger partial charge < -0.3 is 10.1 Å². The van der Waals surface area contributed by atoms with Crippen molar-refractivity contribution in [2.45, 2.75) is 46.1 Å². The van der Waals surface area contributed by atoms with Gasteiger partial charge >= 0.3 is 0 Å². The molecule has 1 rings (SSSR count). The Morgan fingerprint density at radius 3 is 2.64 bits per heavy atom. The summed E-state index contributed by atoms with van der Waals surface area (Å²) in [7, 11) is 2.08. The fourth-order valence-electron chi connectivity index (χ4n) is 2.51. The third kappa shape index (κ3) is 2.71. The molecule has 0 aromatic carbocycles. The number of ether oxygens (including phenoxy) is 1. The smallest absolute Gasteiger partial charge is 0.0509 e. The van der Waals surface area contributed by atoms with Gasteiger partial charge in [0.15, 0.2) is 0 Å². The first-order valence-electron chi connectivity index (χ1n) is 5.87. The van der Waals surface area contributed by atoms with Gasteiger partial charge in [-0.1, -0.05) is 20.8 Å². The molecule has 1 heterocycles. The van der Waals surface area contributed by atoms with Crippen LogP contribution >= 0.6 is 0 Å². The molecule has 0 bridgehead atoms. The third-order valence-corrected chi connectivity index (χ3v) is 3.73. The Bertz CT molecular complexity index is 162. The van der Waals surface area contributed by atoms with Gasteiger partial charge in [0.1, 0.15) is 0 Å². The number of rotatable bonds is 4. The number of hydrogen-bond acceptors (Lipinski definition) is 2. The van der Waals surface area contributed by atoms with Crippen molar-refractivity contribution in [2.24, 2.45) is 11.3 Å². The Labute approximate surface area is 88.4 Å². The van der Waals surface area contributed by atoms with Gasteiger partial charge in [-0.2, -0.15) is 0 Å². The Morgan fingerprint density at radius 1 is 1.50 bits per heavy atom. The SMILES string of the molecule is CCC(C)(C)C(NC)C1CCCOC1. The van der Waals surface area contributed by atoms with E-state index < -0.39 is 0 Å². The van der Waals surface area contributed by atoms with Gasteiger partial charge in [-0.25, -0.2) is 0 Å². The van der Waals surface area contributed by atoms with Crippen LogP contribution in [0.5, 0.6) is 0 Å². The van der Waals surface area contributed by atoms with Crippen molar-refractivity contribution in [3.8, 4) is 0 Å². The molecule has 0 radical (unpaired) electrons. The highest BCUT2D eigenvalue weighted by molar-refractivity contribution is 4.88. The molecule has 0 saturated carbocycles. The summed E-state index contributed by atoms with van der Waals surface area (Å²) in [6, 6.07) is 0.591.